The van der Waals surface area contributed by atoms with Gasteiger partial charge in [-0.2, -0.15) is 9.78 Å². The highest BCUT2D eigenvalue weighted by Gasteiger charge is 2.20. The number of aromatic hydroxyl groups is 1. The first kappa shape index (κ1) is 13.1. The molecule has 1 aromatic heterocycles. The minimum absolute atomic E-state index is 0.253. The Balaban J connectivity index is 1.79. The summed E-state index contributed by atoms with van der Waals surface area (Å²) < 4.78 is 1.78. The van der Waals surface area contributed by atoms with Crippen LogP contribution in [0.2, 0.25) is 0 Å². The fraction of sp³-hybridized carbons (Fsp3) is 0.0625. The molecule has 2 heterocycles. The van der Waals surface area contributed by atoms with Gasteiger partial charge in [0.25, 0.3) is 0 Å². The molecule has 108 valence electrons. The van der Waals surface area contributed by atoms with E-state index in [9.17, 15) is 5.11 Å². The van der Waals surface area contributed by atoms with Gasteiger partial charge in [-0.05, 0) is 29.8 Å². The van der Waals surface area contributed by atoms with Crippen LogP contribution in [0.15, 0.2) is 64.9 Å². The van der Waals surface area contributed by atoms with E-state index in [1.54, 1.807) is 28.6 Å². The fourth-order valence-electron chi connectivity index (χ4n) is 2.29. The topological polar surface area (TPSA) is 63.3 Å². The molecule has 0 unspecified atom stereocenters. The summed E-state index contributed by atoms with van der Waals surface area (Å²) in [5.41, 5.74) is 2.91. The Kier molecular flexibility index (Phi) is 3.16. The van der Waals surface area contributed by atoms with Crippen molar-refractivity contribution >= 4 is 17.5 Å². The van der Waals surface area contributed by atoms with Gasteiger partial charge in [0.1, 0.15) is 5.75 Å². The van der Waals surface area contributed by atoms with Crippen LogP contribution in [-0.4, -0.2) is 31.4 Å². The standard InChI is InChI=1S/C16H12N4OS/c21-13-8-6-11(7-9-13)14-10-22-16-18-17-15(20(16)19-14)12-4-2-1-3-5-12/h1-9,21H,10H2. The first-order valence-electron chi connectivity index (χ1n) is 6.82. The lowest BCUT2D eigenvalue weighted by molar-refractivity contribution is 0.475. The van der Waals surface area contributed by atoms with Crippen molar-refractivity contribution in [1.82, 2.24) is 14.9 Å². The number of fused-ring (bicyclic) bond motifs is 1. The third kappa shape index (κ3) is 2.27. The number of rotatable bonds is 2. The SMILES string of the molecule is Oc1ccc(C2=Nn3c(nnc3-c3ccccc3)SC2)cc1. The monoisotopic (exact) mass is 308 g/mol. The molecule has 1 N–H and O–H groups in total. The van der Waals surface area contributed by atoms with Crippen molar-refractivity contribution in [3.05, 3.63) is 60.2 Å². The highest BCUT2D eigenvalue weighted by atomic mass is 32.2. The van der Waals surface area contributed by atoms with Crippen LogP contribution in [0.5, 0.6) is 5.75 Å². The molecule has 22 heavy (non-hydrogen) atoms. The van der Waals surface area contributed by atoms with E-state index in [0.29, 0.717) is 0 Å². The number of hydrogen-bond acceptors (Lipinski definition) is 5. The van der Waals surface area contributed by atoms with Gasteiger partial charge in [-0.1, -0.05) is 42.1 Å². The lowest BCUT2D eigenvalue weighted by atomic mass is 10.1. The number of hydrogen-bond donors (Lipinski definition) is 1. The van der Waals surface area contributed by atoms with Gasteiger partial charge >= 0.3 is 0 Å². The van der Waals surface area contributed by atoms with Gasteiger partial charge in [-0.3, -0.25) is 0 Å². The molecule has 0 bridgehead atoms. The first-order chi connectivity index (χ1) is 10.8. The second-order valence-corrected chi connectivity index (χ2v) is 5.81. The van der Waals surface area contributed by atoms with Gasteiger partial charge in [0.15, 0.2) is 5.82 Å². The molecule has 1 aliphatic heterocycles. The third-order valence-corrected chi connectivity index (χ3v) is 4.33. The van der Waals surface area contributed by atoms with Crippen LogP contribution in [0.25, 0.3) is 11.4 Å². The van der Waals surface area contributed by atoms with E-state index in [1.165, 1.54) is 0 Å². The number of thioether (sulfide) groups is 1. The first-order valence-corrected chi connectivity index (χ1v) is 7.81. The molecule has 1 aliphatic rings. The number of phenols is 1. The maximum absolute atomic E-state index is 9.40. The second-order valence-electron chi connectivity index (χ2n) is 4.87. The van der Waals surface area contributed by atoms with Gasteiger partial charge in [0.05, 0.1) is 5.71 Å². The molecule has 0 saturated carbocycles. The van der Waals surface area contributed by atoms with Gasteiger partial charge in [-0.25, -0.2) is 0 Å². The van der Waals surface area contributed by atoms with Crippen LogP contribution in [0, 0.1) is 0 Å². The zero-order valence-electron chi connectivity index (χ0n) is 11.5. The summed E-state index contributed by atoms with van der Waals surface area (Å²) in [5.74, 6) is 1.72. The summed E-state index contributed by atoms with van der Waals surface area (Å²) in [4.78, 5) is 0. The van der Waals surface area contributed by atoms with Gasteiger partial charge in [-0.15, -0.1) is 10.2 Å². The summed E-state index contributed by atoms with van der Waals surface area (Å²) in [6.45, 7) is 0. The van der Waals surface area contributed by atoms with Crippen molar-refractivity contribution < 1.29 is 5.11 Å². The molecule has 5 nitrogen and oxygen atoms in total. The minimum Gasteiger partial charge on any atom is -0.508 e. The number of aromatic nitrogens is 3. The Hall–Kier alpha value is -2.60. The van der Waals surface area contributed by atoms with Crippen LogP contribution >= 0.6 is 11.8 Å². The molecule has 4 rings (SSSR count). The zero-order chi connectivity index (χ0) is 14.9. The van der Waals surface area contributed by atoms with Crippen LogP contribution in [0.4, 0.5) is 0 Å². The Morgan fingerprint density at radius 1 is 0.909 bits per heavy atom. The van der Waals surface area contributed by atoms with Gasteiger partial charge in [0, 0.05) is 11.3 Å². The van der Waals surface area contributed by atoms with E-state index < -0.39 is 0 Å². The Morgan fingerprint density at radius 3 is 2.45 bits per heavy atom. The van der Waals surface area contributed by atoms with Crippen molar-refractivity contribution in [2.24, 2.45) is 5.10 Å². The summed E-state index contributed by atoms with van der Waals surface area (Å²) in [6, 6.07) is 17.0. The Morgan fingerprint density at radius 2 is 1.68 bits per heavy atom. The van der Waals surface area contributed by atoms with Gasteiger partial charge < -0.3 is 5.11 Å². The van der Waals surface area contributed by atoms with E-state index in [2.05, 4.69) is 15.3 Å². The second kappa shape index (κ2) is 5.31. The number of phenolic OH excluding ortho intramolecular Hbond substituents is 1. The zero-order valence-corrected chi connectivity index (χ0v) is 12.4. The van der Waals surface area contributed by atoms with Crippen LogP contribution in [0.3, 0.4) is 0 Å². The van der Waals surface area contributed by atoms with E-state index in [0.717, 1.165) is 33.6 Å². The van der Waals surface area contributed by atoms with Crippen molar-refractivity contribution in [2.45, 2.75) is 5.16 Å². The number of benzene rings is 2. The highest BCUT2D eigenvalue weighted by Crippen LogP contribution is 2.28. The molecule has 0 radical (unpaired) electrons. The fourth-order valence-corrected chi connectivity index (χ4v) is 3.13. The molecule has 0 fully saturated rings. The quantitative estimate of drug-likeness (QED) is 0.790. The predicted octanol–water partition coefficient (Wildman–Crippen LogP) is 3.01. The molecule has 0 aliphatic carbocycles. The summed E-state index contributed by atoms with van der Waals surface area (Å²) >= 11 is 1.61. The normalized spacial score (nSPS) is 13.5. The van der Waals surface area contributed by atoms with Crippen LogP contribution in [0.1, 0.15) is 5.56 Å². The van der Waals surface area contributed by atoms with Crippen LogP contribution in [-0.2, 0) is 0 Å². The maximum atomic E-state index is 9.40. The lowest BCUT2D eigenvalue weighted by Crippen LogP contribution is -2.13. The van der Waals surface area contributed by atoms with E-state index in [1.807, 2.05) is 42.5 Å². The van der Waals surface area contributed by atoms with Crippen molar-refractivity contribution in [3.63, 3.8) is 0 Å². The Bertz CT molecular complexity index is 840. The average Bonchev–Trinajstić information content (AvgIpc) is 2.99. The predicted molar refractivity (Wildman–Crippen MR) is 86.2 cm³/mol. The van der Waals surface area contributed by atoms with Crippen molar-refractivity contribution in [2.75, 3.05) is 5.75 Å². The van der Waals surface area contributed by atoms with E-state index in [4.69, 9.17) is 0 Å². The number of nitrogens with zero attached hydrogens (tertiary/aromatic N) is 4. The molecular weight excluding hydrogens is 296 g/mol. The molecule has 0 spiro atoms. The maximum Gasteiger partial charge on any atom is 0.212 e. The van der Waals surface area contributed by atoms with Crippen molar-refractivity contribution in [1.29, 1.82) is 0 Å². The molecular formula is C16H12N4OS. The molecule has 0 atom stereocenters. The van der Waals surface area contributed by atoms with Crippen molar-refractivity contribution in [3.8, 4) is 17.1 Å². The molecule has 2 aromatic carbocycles. The summed E-state index contributed by atoms with van der Waals surface area (Å²) in [6.07, 6.45) is 0. The van der Waals surface area contributed by atoms with Crippen LogP contribution < -0.4 is 0 Å². The Labute approximate surface area is 131 Å². The molecule has 0 saturated heterocycles. The molecule has 0 amide bonds. The largest absolute Gasteiger partial charge is 0.508 e. The summed E-state index contributed by atoms with van der Waals surface area (Å²) in [5, 5.41) is 23.3. The lowest BCUT2D eigenvalue weighted by Gasteiger charge is -2.14. The minimum atomic E-state index is 0.253. The third-order valence-electron chi connectivity index (χ3n) is 3.40. The summed E-state index contributed by atoms with van der Waals surface area (Å²) in [7, 11) is 0. The highest BCUT2D eigenvalue weighted by molar-refractivity contribution is 7.99. The smallest absolute Gasteiger partial charge is 0.212 e. The van der Waals surface area contributed by atoms with E-state index in [-0.39, 0.29) is 5.75 Å². The van der Waals surface area contributed by atoms with E-state index >= 15 is 0 Å². The molecule has 3 aromatic rings. The molecule has 6 heteroatoms. The average molecular weight is 308 g/mol. The van der Waals surface area contributed by atoms with Gasteiger partial charge in [0.2, 0.25) is 5.16 Å².